The Morgan fingerprint density at radius 1 is 1.12 bits per heavy atom. The zero-order valence-electron chi connectivity index (χ0n) is 14.7. The van der Waals surface area contributed by atoms with Crippen molar-refractivity contribution in [1.82, 2.24) is 9.97 Å². The van der Waals surface area contributed by atoms with Crippen LogP contribution >= 0.6 is 0 Å². The van der Waals surface area contributed by atoms with E-state index in [9.17, 15) is 0 Å². The van der Waals surface area contributed by atoms with Crippen molar-refractivity contribution in [2.24, 2.45) is 0 Å². The van der Waals surface area contributed by atoms with Gasteiger partial charge in [-0.25, -0.2) is 9.97 Å². The molecule has 2 aliphatic rings. The Bertz CT molecular complexity index is 694. The summed E-state index contributed by atoms with van der Waals surface area (Å²) in [4.78, 5) is 14.6. The molecule has 0 saturated heterocycles. The van der Waals surface area contributed by atoms with E-state index in [0.717, 1.165) is 30.2 Å². The van der Waals surface area contributed by atoms with Crippen LogP contribution in [0.3, 0.4) is 0 Å². The Morgan fingerprint density at radius 3 is 2.58 bits per heavy atom. The van der Waals surface area contributed by atoms with Crippen LogP contribution in [0.4, 0.5) is 11.5 Å². The van der Waals surface area contributed by atoms with Gasteiger partial charge in [-0.3, -0.25) is 0 Å². The lowest BCUT2D eigenvalue weighted by atomic mass is 10.0. The van der Waals surface area contributed by atoms with E-state index < -0.39 is 0 Å². The number of benzene rings is 1. The van der Waals surface area contributed by atoms with Gasteiger partial charge in [0.2, 0.25) is 0 Å². The largest absolute Gasteiger partial charge is 0.368 e. The van der Waals surface area contributed by atoms with E-state index in [0.29, 0.717) is 12.1 Å². The number of aromatic nitrogens is 2. The number of rotatable bonds is 3. The van der Waals surface area contributed by atoms with Crippen LogP contribution in [0, 0.1) is 0 Å². The van der Waals surface area contributed by atoms with Crippen molar-refractivity contribution in [2.75, 3.05) is 23.4 Å². The molecule has 126 valence electrons. The summed E-state index contributed by atoms with van der Waals surface area (Å²) >= 11 is 0. The third kappa shape index (κ3) is 2.64. The number of nitrogens with zero attached hydrogens (tertiary/aromatic N) is 4. The summed E-state index contributed by atoms with van der Waals surface area (Å²) in [5.41, 5.74) is 2.26. The van der Waals surface area contributed by atoms with Crippen molar-refractivity contribution in [2.45, 2.75) is 51.1 Å². The van der Waals surface area contributed by atoms with Crippen LogP contribution < -0.4 is 9.80 Å². The zero-order chi connectivity index (χ0) is 16.5. The molecule has 0 unspecified atom stereocenters. The highest BCUT2D eigenvalue weighted by Gasteiger charge is 2.35. The van der Waals surface area contributed by atoms with E-state index in [-0.39, 0.29) is 0 Å². The van der Waals surface area contributed by atoms with E-state index >= 15 is 0 Å². The summed E-state index contributed by atoms with van der Waals surface area (Å²) in [7, 11) is 2.17. The topological polar surface area (TPSA) is 32.3 Å². The van der Waals surface area contributed by atoms with Crippen LogP contribution in [0.2, 0.25) is 0 Å². The lowest BCUT2D eigenvalue weighted by molar-refractivity contribution is 0.476. The van der Waals surface area contributed by atoms with Crippen LogP contribution in [-0.4, -0.2) is 35.6 Å². The van der Waals surface area contributed by atoms with Crippen LogP contribution in [0.1, 0.15) is 39.0 Å². The van der Waals surface area contributed by atoms with Gasteiger partial charge >= 0.3 is 0 Å². The smallest absolute Gasteiger partial charge is 0.161 e. The third-order valence-electron chi connectivity index (χ3n) is 5.51. The van der Waals surface area contributed by atoms with Crippen molar-refractivity contribution in [3.63, 3.8) is 0 Å². The van der Waals surface area contributed by atoms with Crippen molar-refractivity contribution >= 4 is 11.5 Å². The van der Waals surface area contributed by atoms with Crippen molar-refractivity contribution < 1.29 is 0 Å². The second kappa shape index (κ2) is 6.42. The Morgan fingerprint density at radius 2 is 1.88 bits per heavy atom. The number of hydrogen-bond acceptors (Lipinski definition) is 4. The first-order valence-electron chi connectivity index (χ1n) is 9.20. The van der Waals surface area contributed by atoms with Crippen LogP contribution in [-0.2, 0) is 0 Å². The molecule has 0 bridgehead atoms. The molecule has 0 amide bonds. The lowest BCUT2D eigenvalue weighted by Gasteiger charge is -2.45. The maximum absolute atomic E-state index is 5.03. The normalized spacial score (nSPS) is 21.2. The van der Waals surface area contributed by atoms with Gasteiger partial charge in [-0.2, -0.15) is 0 Å². The predicted octanol–water partition coefficient (Wildman–Crippen LogP) is 4.12. The molecule has 1 aromatic heterocycles. The molecule has 4 nitrogen and oxygen atoms in total. The molecule has 0 radical (unpaired) electrons. The summed E-state index contributed by atoms with van der Waals surface area (Å²) in [5.74, 6) is 1.97. The summed E-state index contributed by atoms with van der Waals surface area (Å²) in [6.07, 6.45) is 8.46. The molecule has 2 aromatic rings. The molecule has 4 heteroatoms. The predicted molar refractivity (Wildman–Crippen MR) is 99.6 cm³/mol. The zero-order valence-corrected chi connectivity index (χ0v) is 14.7. The Balaban J connectivity index is 1.80. The first-order chi connectivity index (χ1) is 11.8. The molecule has 0 spiro atoms. The Kier molecular flexibility index (Phi) is 4.13. The fourth-order valence-corrected chi connectivity index (χ4v) is 4.21. The van der Waals surface area contributed by atoms with Gasteiger partial charge in [0.25, 0.3) is 0 Å². The molecule has 1 aromatic carbocycles. The standard InChI is InChI=1S/C20H26N4/c1-3-16-14-23(2)18-13-21-19(15-9-5-4-6-10-15)22-20(18)24(16)17-11-7-8-12-17/h4-6,9-10,13,16-17H,3,7-8,11-12,14H2,1-2H3/t16-/m1/s1. The van der Waals surface area contributed by atoms with Gasteiger partial charge in [-0.15, -0.1) is 0 Å². The fourth-order valence-electron chi connectivity index (χ4n) is 4.21. The second-order valence-corrected chi connectivity index (χ2v) is 7.06. The van der Waals surface area contributed by atoms with Crippen molar-refractivity contribution in [3.05, 3.63) is 36.5 Å². The monoisotopic (exact) mass is 322 g/mol. The first kappa shape index (κ1) is 15.4. The van der Waals surface area contributed by atoms with Gasteiger partial charge in [0.15, 0.2) is 11.6 Å². The molecule has 4 rings (SSSR count). The van der Waals surface area contributed by atoms with Gasteiger partial charge < -0.3 is 9.80 Å². The molecule has 2 heterocycles. The summed E-state index contributed by atoms with van der Waals surface area (Å²) < 4.78 is 0. The number of anilines is 2. The summed E-state index contributed by atoms with van der Waals surface area (Å²) in [6.45, 7) is 3.36. The van der Waals surface area contributed by atoms with Crippen molar-refractivity contribution in [1.29, 1.82) is 0 Å². The Labute approximate surface area is 144 Å². The molecule has 24 heavy (non-hydrogen) atoms. The van der Waals surface area contributed by atoms with E-state index in [1.165, 1.54) is 31.4 Å². The minimum atomic E-state index is 0.545. The molecule has 1 atom stereocenters. The van der Waals surface area contributed by atoms with Crippen molar-refractivity contribution in [3.8, 4) is 11.4 Å². The molecule has 1 aliphatic carbocycles. The maximum Gasteiger partial charge on any atom is 0.161 e. The highest BCUT2D eigenvalue weighted by molar-refractivity contribution is 5.72. The summed E-state index contributed by atoms with van der Waals surface area (Å²) in [6, 6.07) is 11.5. The van der Waals surface area contributed by atoms with Crippen LogP contribution in [0.15, 0.2) is 36.5 Å². The average Bonchev–Trinajstić information content (AvgIpc) is 3.16. The highest BCUT2D eigenvalue weighted by Crippen LogP contribution is 2.39. The highest BCUT2D eigenvalue weighted by atomic mass is 15.3. The minimum Gasteiger partial charge on any atom is -0.368 e. The van der Waals surface area contributed by atoms with Gasteiger partial charge in [0.05, 0.1) is 11.9 Å². The average molecular weight is 322 g/mol. The Hall–Kier alpha value is -2.10. The van der Waals surface area contributed by atoms with E-state index in [1.807, 2.05) is 24.4 Å². The molecular formula is C20H26N4. The molecule has 0 N–H and O–H groups in total. The van der Waals surface area contributed by atoms with E-state index in [1.54, 1.807) is 0 Å². The first-order valence-corrected chi connectivity index (χ1v) is 9.20. The second-order valence-electron chi connectivity index (χ2n) is 7.06. The number of fused-ring (bicyclic) bond motifs is 1. The van der Waals surface area contributed by atoms with Gasteiger partial charge in [0.1, 0.15) is 0 Å². The quantitative estimate of drug-likeness (QED) is 0.851. The van der Waals surface area contributed by atoms with Crippen LogP contribution in [0.5, 0.6) is 0 Å². The lowest BCUT2D eigenvalue weighted by Crippen LogP contribution is -2.52. The molecule has 1 aliphatic heterocycles. The summed E-state index contributed by atoms with van der Waals surface area (Å²) in [5, 5.41) is 0. The third-order valence-corrected chi connectivity index (χ3v) is 5.51. The molecule has 1 fully saturated rings. The SMILES string of the molecule is CC[C@@H]1CN(C)c2cnc(-c3ccccc3)nc2N1C1CCCC1. The number of likely N-dealkylation sites (N-methyl/N-ethyl adjacent to an activating group) is 1. The minimum absolute atomic E-state index is 0.545. The van der Waals surface area contributed by atoms with E-state index in [4.69, 9.17) is 4.98 Å². The van der Waals surface area contributed by atoms with Gasteiger partial charge in [-0.1, -0.05) is 50.1 Å². The molecule has 1 saturated carbocycles. The number of hydrogen-bond donors (Lipinski definition) is 0. The van der Waals surface area contributed by atoms with E-state index in [2.05, 4.69) is 40.9 Å². The molecular weight excluding hydrogens is 296 g/mol. The van der Waals surface area contributed by atoms with Crippen LogP contribution in [0.25, 0.3) is 11.4 Å². The fraction of sp³-hybridized carbons (Fsp3) is 0.500. The maximum atomic E-state index is 5.03. The van der Waals surface area contributed by atoms with Gasteiger partial charge in [-0.05, 0) is 19.3 Å². The van der Waals surface area contributed by atoms with Gasteiger partial charge in [0, 0.05) is 31.2 Å².